The van der Waals surface area contributed by atoms with Crippen LogP contribution in [0, 0.1) is 0 Å². The van der Waals surface area contributed by atoms with Crippen molar-refractivity contribution in [1.29, 1.82) is 0 Å². The first-order valence-electron chi connectivity index (χ1n) is 5.74. The summed E-state index contributed by atoms with van der Waals surface area (Å²) in [5, 5.41) is 2.04. The van der Waals surface area contributed by atoms with Gasteiger partial charge in [0.15, 0.2) is 0 Å². The monoisotopic (exact) mass is 290 g/mol. The third kappa shape index (κ3) is 3.31. The standard InChI is InChI=1S/C13H16Cl2OS/c1-9(2)17-6-5-13(8-16-13)11-4-3-10(14)7-12(11)15/h3-4,7,9H,5-6,8H2,1-2H3. The van der Waals surface area contributed by atoms with Crippen molar-refractivity contribution < 1.29 is 4.74 Å². The van der Waals surface area contributed by atoms with Crippen LogP contribution in [0.3, 0.4) is 0 Å². The van der Waals surface area contributed by atoms with Crippen LogP contribution in [0.5, 0.6) is 0 Å². The van der Waals surface area contributed by atoms with Crippen LogP contribution in [0.2, 0.25) is 10.0 Å². The van der Waals surface area contributed by atoms with Gasteiger partial charge in [0.25, 0.3) is 0 Å². The van der Waals surface area contributed by atoms with Gasteiger partial charge in [-0.1, -0.05) is 43.1 Å². The third-order valence-electron chi connectivity index (χ3n) is 2.87. The summed E-state index contributed by atoms with van der Waals surface area (Å²) in [4.78, 5) is 0. The lowest BCUT2D eigenvalue weighted by atomic mass is 9.97. The molecule has 0 aliphatic carbocycles. The smallest absolute Gasteiger partial charge is 0.119 e. The van der Waals surface area contributed by atoms with Gasteiger partial charge >= 0.3 is 0 Å². The highest BCUT2D eigenvalue weighted by atomic mass is 35.5. The molecule has 0 bridgehead atoms. The Morgan fingerprint density at radius 3 is 2.65 bits per heavy atom. The highest BCUT2D eigenvalue weighted by molar-refractivity contribution is 7.99. The summed E-state index contributed by atoms with van der Waals surface area (Å²) in [5.41, 5.74) is 0.928. The molecule has 4 heteroatoms. The maximum atomic E-state index is 6.22. The van der Waals surface area contributed by atoms with E-state index in [1.165, 1.54) is 0 Å². The molecule has 1 heterocycles. The SMILES string of the molecule is CC(C)SCCC1(c2ccc(Cl)cc2Cl)CO1. The Labute approximate surface area is 117 Å². The fourth-order valence-corrected chi connectivity index (χ4v) is 3.34. The normalized spacial score (nSPS) is 23.1. The van der Waals surface area contributed by atoms with E-state index in [9.17, 15) is 0 Å². The molecule has 1 aromatic carbocycles. The molecule has 0 N–H and O–H groups in total. The van der Waals surface area contributed by atoms with Crippen molar-refractivity contribution in [1.82, 2.24) is 0 Å². The first-order valence-corrected chi connectivity index (χ1v) is 7.55. The van der Waals surface area contributed by atoms with E-state index in [4.69, 9.17) is 27.9 Å². The number of thioether (sulfide) groups is 1. The van der Waals surface area contributed by atoms with E-state index in [2.05, 4.69) is 13.8 Å². The molecule has 1 saturated heterocycles. The van der Waals surface area contributed by atoms with E-state index >= 15 is 0 Å². The Hall–Kier alpha value is 0.110. The van der Waals surface area contributed by atoms with Crippen LogP contribution in [0.1, 0.15) is 25.8 Å². The van der Waals surface area contributed by atoms with Crippen molar-refractivity contribution in [2.24, 2.45) is 0 Å². The van der Waals surface area contributed by atoms with E-state index in [1.54, 1.807) is 6.07 Å². The summed E-state index contributed by atoms with van der Waals surface area (Å²) in [5.74, 6) is 1.09. The summed E-state index contributed by atoms with van der Waals surface area (Å²) >= 11 is 14.1. The molecule has 17 heavy (non-hydrogen) atoms. The fourth-order valence-electron chi connectivity index (χ4n) is 1.84. The molecule has 0 aromatic heterocycles. The van der Waals surface area contributed by atoms with Crippen LogP contribution < -0.4 is 0 Å². The predicted octanol–water partition coefficient (Wildman–Crippen LogP) is 4.75. The lowest BCUT2D eigenvalue weighted by Gasteiger charge is -2.14. The van der Waals surface area contributed by atoms with Gasteiger partial charge in [-0.15, -0.1) is 0 Å². The second kappa shape index (κ2) is 5.40. The molecule has 1 aliphatic heterocycles. The summed E-state index contributed by atoms with van der Waals surface area (Å²) < 4.78 is 5.64. The van der Waals surface area contributed by atoms with Crippen molar-refractivity contribution in [3.05, 3.63) is 33.8 Å². The van der Waals surface area contributed by atoms with Gasteiger partial charge < -0.3 is 4.74 Å². The lowest BCUT2D eigenvalue weighted by Crippen LogP contribution is -2.11. The minimum absolute atomic E-state index is 0.149. The van der Waals surface area contributed by atoms with E-state index in [-0.39, 0.29) is 5.60 Å². The van der Waals surface area contributed by atoms with Crippen LogP contribution >= 0.6 is 35.0 Å². The number of ether oxygens (including phenoxy) is 1. The second-order valence-corrected chi connectivity index (χ2v) is 7.10. The number of hydrogen-bond acceptors (Lipinski definition) is 2. The highest BCUT2D eigenvalue weighted by Gasteiger charge is 2.47. The molecule has 0 spiro atoms. The molecule has 1 atom stereocenters. The first kappa shape index (κ1) is 13.5. The molecule has 1 unspecified atom stereocenters. The average molecular weight is 291 g/mol. The number of hydrogen-bond donors (Lipinski definition) is 0. The maximum absolute atomic E-state index is 6.22. The zero-order chi connectivity index (χ0) is 12.5. The summed E-state index contributed by atoms with van der Waals surface area (Å²) in [6.07, 6.45) is 1.01. The molecular formula is C13H16Cl2OS. The Bertz CT molecular complexity index is 402. The zero-order valence-corrected chi connectivity index (χ0v) is 12.3. The molecule has 1 aliphatic rings. The molecule has 0 saturated carbocycles. The van der Waals surface area contributed by atoms with Crippen LogP contribution in [-0.2, 0) is 10.3 Å². The average Bonchev–Trinajstić information content (AvgIpc) is 2.98. The molecule has 2 rings (SSSR count). The number of epoxide rings is 1. The molecule has 0 amide bonds. The Morgan fingerprint density at radius 1 is 1.41 bits per heavy atom. The van der Waals surface area contributed by atoms with Crippen LogP contribution in [0.4, 0.5) is 0 Å². The first-order chi connectivity index (χ1) is 8.03. The second-order valence-electron chi connectivity index (χ2n) is 4.58. The van der Waals surface area contributed by atoms with Crippen molar-refractivity contribution in [2.75, 3.05) is 12.4 Å². The fraction of sp³-hybridized carbons (Fsp3) is 0.538. The molecule has 1 aromatic rings. The van der Waals surface area contributed by atoms with Crippen molar-refractivity contribution in [2.45, 2.75) is 31.1 Å². The Kier molecular flexibility index (Phi) is 4.30. The van der Waals surface area contributed by atoms with Gasteiger partial charge in [0.2, 0.25) is 0 Å². The topological polar surface area (TPSA) is 12.5 Å². The lowest BCUT2D eigenvalue weighted by molar-refractivity contribution is 0.302. The van der Waals surface area contributed by atoms with Crippen molar-refractivity contribution in [3.63, 3.8) is 0 Å². The summed E-state index contributed by atoms with van der Waals surface area (Å²) in [6, 6.07) is 5.65. The van der Waals surface area contributed by atoms with E-state index < -0.39 is 0 Å². The minimum Gasteiger partial charge on any atom is -0.364 e. The van der Waals surface area contributed by atoms with Gasteiger partial charge in [0.1, 0.15) is 5.60 Å². The van der Waals surface area contributed by atoms with Crippen LogP contribution in [-0.4, -0.2) is 17.6 Å². The quantitative estimate of drug-likeness (QED) is 0.726. The third-order valence-corrected chi connectivity index (χ3v) is 4.53. The Morgan fingerprint density at radius 2 is 2.12 bits per heavy atom. The molecule has 94 valence electrons. The number of benzene rings is 1. The molecule has 1 nitrogen and oxygen atoms in total. The van der Waals surface area contributed by atoms with Gasteiger partial charge in [-0.25, -0.2) is 0 Å². The number of halogens is 2. The van der Waals surface area contributed by atoms with Crippen LogP contribution in [0.25, 0.3) is 0 Å². The largest absolute Gasteiger partial charge is 0.364 e. The van der Waals surface area contributed by atoms with Gasteiger partial charge in [-0.2, -0.15) is 11.8 Å². The van der Waals surface area contributed by atoms with Crippen molar-refractivity contribution >= 4 is 35.0 Å². The zero-order valence-electron chi connectivity index (χ0n) is 10.0. The van der Waals surface area contributed by atoms with Crippen LogP contribution in [0.15, 0.2) is 18.2 Å². The Balaban J connectivity index is 2.05. The van der Waals surface area contributed by atoms with Gasteiger partial charge in [-0.05, 0) is 29.6 Å². The number of rotatable bonds is 5. The van der Waals surface area contributed by atoms with Gasteiger partial charge in [0, 0.05) is 15.6 Å². The molecule has 1 fully saturated rings. The van der Waals surface area contributed by atoms with E-state index in [0.29, 0.717) is 15.3 Å². The highest BCUT2D eigenvalue weighted by Crippen LogP contribution is 2.46. The van der Waals surface area contributed by atoms with E-state index in [0.717, 1.165) is 24.3 Å². The van der Waals surface area contributed by atoms with E-state index in [1.807, 2.05) is 23.9 Å². The van der Waals surface area contributed by atoms with Gasteiger partial charge in [-0.3, -0.25) is 0 Å². The summed E-state index contributed by atoms with van der Waals surface area (Å²) in [7, 11) is 0. The minimum atomic E-state index is -0.149. The van der Waals surface area contributed by atoms with Gasteiger partial charge in [0.05, 0.1) is 6.61 Å². The molecule has 0 radical (unpaired) electrons. The van der Waals surface area contributed by atoms with Crippen molar-refractivity contribution in [3.8, 4) is 0 Å². The maximum Gasteiger partial charge on any atom is 0.119 e. The summed E-state index contributed by atoms with van der Waals surface area (Å²) in [6.45, 7) is 5.19. The molecular weight excluding hydrogens is 275 g/mol. The predicted molar refractivity (Wildman–Crippen MR) is 76.3 cm³/mol.